The minimum absolute atomic E-state index is 0.0800. The maximum absolute atomic E-state index is 13.3. The minimum Gasteiger partial charge on any atom is -0.337 e. The normalized spacial score (nSPS) is 18.7. The van der Waals surface area contributed by atoms with E-state index in [1.807, 2.05) is 59.2 Å². The molecular formula is C24H29N3O2. The summed E-state index contributed by atoms with van der Waals surface area (Å²) in [5.41, 5.74) is 3.05. The van der Waals surface area contributed by atoms with Gasteiger partial charge in [0.05, 0.1) is 6.04 Å². The summed E-state index contributed by atoms with van der Waals surface area (Å²) in [5, 5.41) is 0. The molecule has 2 heterocycles. The van der Waals surface area contributed by atoms with Gasteiger partial charge in [0.2, 0.25) is 5.91 Å². The number of carbonyl (C=O) groups is 2. The number of hydrogen-bond acceptors (Lipinski definition) is 3. The Morgan fingerprint density at radius 3 is 2.41 bits per heavy atom. The standard InChI is InChI=1S/C24H29N3O2/c1-19(23(28)27-16-7-12-20-9-5-6-13-22(20)27)25-14-8-15-26(18-17-25)24(29)21-10-3-2-4-11-21/h2-6,9-11,13,19H,7-8,12,14-18H2,1H3. The summed E-state index contributed by atoms with van der Waals surface area (Å²) < 4.78 is 0. The highest BCUT2D eigenvalue weighted by Gasteiger charge is 2.31. The number of benzene rings is 2. The Labute approximate surface area is 172 Å². The van der Waals surface area contributed by atoms with Gasteiger partial charge in [-0.15, -0.1) is 0 Å². The van der Waals surface area contributed by atoms with Crippen molar-refractivity contribution in [2.24, 2.45) is 0 Å². The fourth-order valence-corrected chi connectivity index (χ4v) is 4.44. The number of para-hydroxylation sites is 1. The first-order valence-electron chi connectivity index (χ1n) is 10.6. The number of anilines is 1. The summed E-state index contributed by atoms with van der Waals surface area (Å²) in [6, 6.07) is 17.5. The Balaban J connectivity index is 1.42. The lowest BCUT2D eigenvalue weighted by molar-refractivity contribution is -0.123. The molecule has 0 bridgehead atoms. The second-order valence-electron chi connectivity index (χ2n) is 7.95. The van der Waals surface area contributed by atoms with Crippen LogP contribution in [0.1, 0.15) is 35.7 Å². The predicted octanol–water partition coefficient (Wildman–Crippen LogP) is 3.20. The first kappa shape index (κ1) is 19.6. The quantitative estimate of drug-likeness (QED) is 0.807. The molecular weight excluding hydrogens is 362 g/mol. The van der Waals surface area contributed by atoms with Crippen molar-refractivity contribution in [1.82, 2.24) is 9.80 Å². The van der Waals surface area contributed by atoms with E-state index in [9.17, 15) is 9.59 Å². The molecule has 5 heteroatoms. The summed E-state index contributed by atoms with van der Waals surface area (Å²) >= 11 is 0. The first-order chi connectivity index (χ1) is 14.1. The number of aryl methyl sites for hydroxylation is 1. The van der Waals surface area contributed by atoms with Crippen LogP contribution in [0.25, 0.3) is 0 Å². The van der Waals surface area contributed by atoms with Crippen molar-refractivity contribution in [1.29, 1.82) is 0 Å². The average molecular weight is 392 g/mol. The molecule has 1 fully saturated rings. The van der Waals surface area contributed by atoms with Gasteiger partial charge in [-0.1, -0.05) is 36.4 Å². The van der Waals surface area contributed by atoms with Gasteiger partial charge < -0.3 is 9.80 Å². The van der Waals surface area contributed by atoms with E-state index >= 15 is 0 Å². The third-order valence-corrected chi connectivity index (χ3v) is 6.12. The van der Waals surface area contributed by atoms with Crippen LogP contribution in [0.4, 0.5) is 5.69 Å². The van der Waals surface area contributed by atoms with E-state index in [4.69, 9.17) is 0 Å². The fourth-order valence-electron chi connectivity index (χ4n) is 4.44. The highest BCUT2D eigenvalue weighted by atomic mass is 16.2. The van der Waals surface area contributed by atoms with Gasteiger partial charge in [0.1, 0.15) is 0 Å². The van der Waals surface area contributed by atoms with Crippen LogP contribution in [0.5, 0.6) is 0 Å². The van der Waals surface area contributed by atoms with Gasteiger partial charge in [0.15, 0.2) is 0 Å². The Kier molecular flexibility index (Phi) is 5.95. The zero-order valence-corrected chi connectivity index (χ0v) is 17.1. The topological polar surface area (TPSA) is 43.9 Å². The van der Waals surface area contributed by atoms with Gasteiger partial charge >= 0.3 is 0 Å². The van der Waals surface area contributed by atoms with Crippen LogP contribution in [-0.4, -0.2) is 60.4 Å². The maximum Gasteiger partial charge on any atom is 0.253 e. The molecule has 152 valence electrons. The van der Waals surface area contributed by atoms with Crippen molar-refractivity contribution in [2.45, 2.75) is 32.2 Å². The molecule has 2 aromatic carbocycles. The molecule has 0 spiro atoms. The van der Waals surface area contributed by atoms with E-state index in [1.165, 1.54) is 5.56 Å². The van der Waals surface area contributed by atoms with Gasteiger partial charge in [-0.25, -0.2) is 0 Å². The fraction of sp³-hybridized carbons (Fsp3) is 0.417. The van der Waals surface area contributed by atoms with Crippen molar-refractivity contribution >= 4 is 17.5 Å². The number of amides is 2. The molecule has 0 N–H and O–H groups in total. The molecule has 1 atom stereocenters. The first-order valence-corrected chi connectivity index (χ1v) is 10.6. The Morgan fingerprint density at radius 2 is 1.59 bits per heavy atom. The van der Waals surface area contributed by atoms with Gasteiger partial charge in [0.25, 0.3) is 5.91 Å². The molecule has 1 unspecified atom stereocenters. The van der Waals surface area contributed by atoms with Crippen LogP contribution in [0.2, 0.25) is 0 Å². The van der Waals surface area contributed by atoms with Crippen LogP contribution in [0, 0.1) is 0 Å². The third-order valence-electron chi connectivity index (χ3n) is 6.12. The summed E-state index contributed by atoms with van der Waals surface area (Å²) in [4.78, 5) is 32.2. The largest absolute Gasteiger partial charge is 0.337 e. The van der Waals surface area contributed by atoms with E-state index in [-0.39, 0.29) is 17.9 Å². The zero-order valence-electron chi connectivity index (χ0n) is 17.1. The molecule has 0 radical (unpaired) electrons. The molecule has 2 amide bonds. The Hall–Kier alpha value is -2.66. The van der Waals surface area contributed by atoms with Crippen LogP contribution >= 0.6 is 0 Å². The lowest BCUT2D eigenvalue weighted by Crippen LogP contribution is -2.49. The van der Waals surface area contributed by atoms with E-state index in [0.29, 0.717) is 6.54 Å². The summed E-state index contributed by atoms with van der Waals surface area (Å²) in [6.07, 6.45) is 2.93. The van der Waals surface area contributed by atoms with E-state index in [2.05, 4.69) is 17.0 Å². The molecule has 4 rings (SSSR count). The minimum atomic E-state index is -0.187. The maximum atomic E-state index is 13.3. The number of hydrogen-bond donors (Lipinski definition) is 0. The summed E-state index contributed by atoms with van der Waals surface area (Å²) in [5.74, 6) is 0.247. The Morgan fingerprint density at radius 1 is 0.828 bits per heavy atom. The van der Waals surface area contributed by atoms with Crippen LogP contribution in [0.3, 0.4) is 0 Å². The van der Waals surface area contributed by atoms with Crippen molar-refractivity contribution < 1.29 is 9.59 Å². The summed E-state index contributed by atoms with van der Waals surface area (Å²) in [7, 11) is 0. The van der Waals surface area contributed by atoms with Crippen molar-refractivity contribution in [2.75, 3.05) is 37.6 Å². The highest BCUT2D eigenvalue weighted by Crippen LogP contribution is 2.28. The van der Waals surface area contributed by atoms with Gasteiger partial charge in [0, 0.05) is 44.0 Å². The summed E-state index contributed by atoms with van der Waals surface area (Å²) in [6.45, 7) is 5.74. The smallest absolute Gasteiger partial charge is 0.253 e. The number of carbonyl (C=O) groups excluding carboxylic acids is 2. The lowest BCUT2D eigenvalue weighted by Gasteiger charge is -2.35. The third kappa shape index (κ3) is 4.20. The highest BCUT2D eigenvalue weighted by molar-refractivity contribution is 5.98. The SMILES string of the molecule is CC(C(=O)N1CCCc2ccccc21)N1CCCN(C(=O)c2ccccc2)CC1. The van der Waals surface area contributed by atoms with E-state index in [0.717, 1.165) is 56.7 Å². The molecule has 1 saturated heterocycles. The Bertz CT molecular complexity index is 867. The van der Waals surface area contributed by atoms with Crippen LogP contribution in [0.15, 0.2) is 54.6 Å². The van der Waals surface area contributed by atoms with Crippen molar-refractivity contribution in [3.63, 3.8) is 0 Å². The second kappa shape index (κ2) is 8.78. The molecule has 29 heavy (non-hydrogen) atoms. The molecule has 5 nitrogen and oxygen atoms in total. The van der Waals surface area contributed by atoms with Gasteiger partial charge in [-0.2, -0.15) is 0 Å². The average Bonchev–Trinajstić information content (AvgIpc) is 3.04. The predicted molar refractivity (Wildman–Crippen MR) is 115 cm³/mol. The number of fused-ring (bicyclic) bond motifs is 1. The second-order valence-corrected chi connectivity index (χ2v) is 7.95. The van der Waals surface area contributed by atoms with E-state index in [1.54, 1.807) is 0 Å². The van der Waals surface area contributed by atoms with Gasteiger partial charge in [-0.3, -0.25) is 14.5 Å². The number of nitrogens with zero attached hydrogens (tertiary/aromatic N) is 3. The number of rotatable bonds is 3. The van der Waals surface area contributed by atoms with Crippen LogP contribution < -0.4 is 4.90 Å². The zero-order chi connectivity index (χ0) is 20.2. The monoisotopic (exact) mass is 391 g/mol. The molecule has 0 aliphatic carbocycles. The molecule has 2 aromatic rings. The molecule has 2 aliphatic rings. The molecule has 2 aliphatic heterocycles. The van der Waals surface area contributed by atoms with Gasteiger partial charge in [-0.05, 0) is 49.9 Å². The van der Waals surface area contributed by atoms with Crippen molar-refractivity contribution in [3.8, 4) is 0 Å². The van der Waals surface area contributed by atoms with Crippen molar-refractivity contribution in [3.05, 3.63) is 65.7 Å². The molecule has 0 aromatic heterocycles. The van der Waals surface area contributed by atoms with Crippen LogP contribution in [-0.2, 0) is 11.2 Å². The molecule has 0 saturated carbocycles. The lowest BCUT2D eigenvalue weighted by atomic mass is 10.0. The van der Waals surface area contributed by atoms with E-state index < -0.39 is 0 Å².